The number of fused-ring (bicyclic) bond motifs is 2. The Kier molecular flexibility index (Phi) is 6.29. The largest absolute Gasteiger partial charge is 0.297 e. The minimum absolute atomic E-state index is 0.0107. The van der Waals surface area contributed by atoms with Crippen LogP contribution in [0.3, 0.4) is 0 Å². The van der Waals surface area contributed by atoms with Crippen LogP contribution in [0.15, 0.2) is 103 Å². The van der Waals surface area contributed by atoms with Gasteiger partial charge in [0.05, 0.1) is 5.41 Å². The molecule has 4 heteroatoms. The molecule has 3 aliphatic rings. The van der Waals surface area contributed by atoms with E-state index in [4.69, 9.17) is 0 Å². The predicted molar refractivity (Wildman–Crippen MR) is 165 cm³/mol. The number of hydrogen-bond acceptors (Lipinski definition) is 4. The van der Waals surface area contributed by atoms with Gasteiger partial charge in [-0.05, 0) is 76.8 Å². The first-order valence-electron chi connectivity index (χ1n) is 14.3. The minimum Gasteiger partial charge on any atom is -0.297 e. The van der Waals surface area contributed by atoms with Crippen molar-refractivity contribution in [2.45, 2.75) is 43.2 Å². The number of benzene rings is 4. The summed E-state index contributed by atoms with van der Waals surface area (Å²) in [6, 6.07) is 32.9. The lowest BCUT2D eigenvalue weighted by molar-refractivity contribution is -0.130. The summed E-state index contributed by atoms with van der Waals surface area (Å²) < 4.78 is 0. The Hall–Kier alpha value is -3.47. The van der Waals surface area contributed by atoms with Crippen molar-refractivity contribution in [1.29, 1.82) is 0 Å². The molecule has 4 aromatic rings. The third-order valence-corrected chi connectivity index (χ3v) is 10.2. The predicted octanol–water partition coefficient (Wildman–Crippen LogP) is 7.56. The van der Waals surface area contributed by atoms with Crippen LogP contribution in [0, 0.1) is 5.41 Å². The van der Waals surface area contributed by atoms with Crippen molar-refractivity contribution in [3.05, 3.63) is 125 Å². The molecule has 4 atom stereocenters. The SMILES string of the molecule is CSCCC1N[C@@]2(C(=O)c3cccc4cccc2c34)[C@@]2(CCC/C(=C\c3ccccc3)C2=O)[C@H]1c1ccccc1. The van der Waals surface area contributed by atoms with Gasteiger partial charge in [0.1, 0.15) is 5.54 Å². The van der Waals surface area contributed by atoms with Crippen LogP contribution in [0.5, 0.6) is 0 Å². The van der Waals surface area contributed by atoms with Gasteiger partial charge >= 0.3 is 0 Å². The number of nitrogens with one attached hydrogen (secondary N) is 1. The van der Waals surface area contributed by atoms with Gasteiger partial charge in [0.15, 0.2) is 11.6 Å². The van der Waals surface area contributed by atoms with Crippen molar-refractivity contribution in [1.82, 2.24) is 5.32 Å². The summed E-state index contributed by atoms with van der Waals surface area (Å²) in [5.74, 6) is 1.02. The Morgan fingerprint density at radius 2 is 1.60 bits per heavy atom. The van der Waals surface area contributed by atoms with Gasteiger partial charge in [-0.1, -0.05) is 97.1 Å². The van der Waals surface area contributed by atoms with E-state index in [2.05, 4.69) is 78.3 Å². The number of Topliss-reactive ketones (excluding diaryl/α,β-unsaturated/α-hetero) is 2. The van der Waals surface area contributed by atoms with E-state index in [1.54, 1.807) is 0 Å². The van der Waals surface area contributed by atoms with Crippen LogP contribution in [0.1, 0.15) is 58.6 Å². The first kappa shape index (κ1) is 25.5. The molecule has 40 heavy (non-hydrogen) atoms. The summed E-state index contributed by atoms with van der Waals surface area (Å²) in [6.07, 6.45) is 7.36. The van der Waals surface area contributed by atoms with Crippen molar-refractivity contribution < 1.29 is 9.59 Å². The molecule has 200 valence electrons. The van der Waals surface area contributed by atoms with E-state index >= 15 is 4.79 Å². The summed E-state index contributed by atoms with van der Waals surface area (Å²) in [5.41, 5.74) is 2.69. The van der Waals surface area contributed by atoms with Crippen molar-refractivity contribution in [2.75, 3.05) is 12.0 Å². The van der Waals surface area contributed by atoms with Gasteiger partial charge in [0.25, 0.3) is 0 Å². The van der Waals surface area contributed by atoms with E-state index in [1.165, 1.54) is 0 Å². The zero-order valence-electron chi connectivity index (χ0n) is 22.7. The van der Waals surface area contributed by atoms with Gasteiger partial charge in [-0.2, -0.15) is 11.8 Å². The Morgan fingerprint density at radius 1 is 0.875 bits per heavy atom. The van der Waals surface area contributed by atoms with E-state index in [9.17, 15) is 4.79 Å². The number of hydrogen-bond donors (Lipinski definition) is 1. The lowest BCUT2D eigenvalue weighted by Gasteiger charge is -2.47. The molecular weight excluding hydrogens is 510 g/mol. The monoisotopic (exact) mass is 543 g/mol. The second-order valence-electron chi connectivity index (χ2n) is 11.4. The number of allylic oxidation sites excluding steroid dienone is 1. The van der Waals surface area contributed by atoms with E-state index in [-0.39, 0.29) is 23.5 Å². The highest BCUT2D eigenvalue weighted by molar-refractivity contribution is 7.98. The summed E-state index contributed by atoms with van der Waals surface area (Å²) in [6.45, 7) is 0. The van der Waals surface area contributed by atoms with Gasteiger partial charge in [-0.15, -0.1) is 0 Å². The van der Waals surface area contributed by atoms with E-state index in [0.29, 0.717) is 6.42 Å². The van der Waals surface area contributed by atoms with Gasteiger partial charge in [-0.3, -0.25) is 14.9 Å². The molecule has 2 fully saturated rings. The molecule has 2 spiro atoms. The molecular formula is C36H33NO2S. The highest BCUT2D eigenvalue weighted by atomic mass is 32.2. The molecule has 1 saturated heterocycles. The third kappa shape index (κ3) is 3.49. The third-order valence-electron chi connectivity index (χ3n) is 9.54. The lowest BCUT2D eigenvalue weighted by Crippen LogP contribution is -2.59. The highest BCUT2D eigenvalue weighted by Gasteiger charge is 2.73. The molecule has 0 radical (unpaired) electrons. The maximum atomic E-state index is 15.3. The van der Waals surface area contributed by atoms with E-state index in [1.807, 2.05) is 48.2 Å². The van der Waals surface area contributed by atoms with Crippen molar-refractivity contribution >= 4 is 40.2 Å². The summed E-state index contributed by atoms with van der Waals surface area (Å²) >= 11 is 1.82. The van der Waals surface area contributed by atoms with Crippen LogP contribution < -0.4 is 5.32 Å². The topological polar surface area (TPSA) is 46.2 Å². The van der Waals surface area contributed by atoms with Crippen LogP contribution >= 0.6 is 11.8 Å². The second kappa shape index (κ2) is 9.87. The van der Waals surface area contributed by atoms with Crippen LogP contribution in [0.4, 0.5) is 0 Å². The average Bonchev–Trinajstić information content (AvgIpc) is 3.42. The highest BCUT2D eigenvalue weighted by Crippen LogP contribution is 2.66. The standard InChI is InChI=1S/C36H33NO2S/c1-40-22-20-30-32(26-13-6-3-7-14-26)35(21-10-17-27(33(35)38)23-24-11-4-2-5-12-24)36(37-30)29-19-9-16-25-15-8-18-28(31(25)29)34(36)39/h2-9,11-16,18-19,23,30,32,37H,10,17,20-22H2,1H3/b27-23+/t30?,32-,35-,36-/m0/s1. The lowest BCUT2D eigenvalue weighted by atomic mass is 9.52. The van der Waals surface area contributed by atoms with Crippen LogP contribution in [0.2, 0.25) is 0 Å². The number of carbonyl (C=O) groups is 2. The maximum absolute atomic E-state index is 15.3. The molecule has 1 unspecified atom stereocenters. The molecule has 1 saturated carbocycles. The molecule has 3 nitrogen and oxygen atoms in total. The normalized spacial score (nSPS) is 28.4. The van der Waals surface area contributed by atoms with Crippen molar-refractivity contribution in [3.8, 4) is 0 Å². The van der Waals surface area contributed by atoms with Crippen LogP contribution in [-0.2, 0) is 10.3 Å². The van der Waals surface area contributed by atoms with E-state index in [0.717, 1.165) is 63.6 Å². The quantitative estimate of drug-likeness (QED) is 0.264. The Labute approximate surface area is 240 Å². The Balaban J connectivity index is 1.52. The fourth-order valence-electron chi connectivity index (χ4n) is 8.09. The molecule has 1 heterocycles. The zero-order valence-corrected chi connectivity index (χ0v) is 23.5. The van der Waals surface area contributed by atoms with Gasteiger partial charge in [0.2, 0.25) is 0 Å². The number of ketones is 2. The molecule has 0 aromatic heterocycles. The Morgan fingerprint density at radius 3 is 2.35 bits per heavy atom. The maximum Gasteiger partial charge on any atom is 0.189 e. The zero-order chi connectivity index (χ0) is 27.3. The van der Waals surface area contributed by atoms with Crippen molar-refractivity contribution in [2.24, 2.45) is 5.41 Å². The fraction of sp³-hybridized carbons (Fsp3) is 0.278. The molecule has 4 aromatic carbocycles. The average molecular weight is 544 g/mol. The number of rotatable bonds is 5. The first-order chi connectivity index (χ1) is 19.6. The smallest absolute Gasteiger partial charge is 0.189 e. The van der Waals surface area contributed by atoms with Crippen LogP contribution in [0.25, 0.3) is 16.8 Å². The molecule has 1 aliphatic heterocycles. The van der Waals surface area contributed by atoms with Gasteiger partial charge in [-0.25, -0.2) is 0 Å². The molecule has 1 N–H and O–H groups in total. The molecule has 2 aliphatic carbocycles. The number of carbonyl (C=O) groups excluding carboxylic acids is 2. The summed E-state index contributed by atoms with van der Waals surface area (Å²) in [7, 11) is 0. The molecule has 0 amide bonds. The van der Waals surface area contributed by atoms with E-state index < -0.39 is 11.0 Å². The number of thioether (sulfide) groups is 1. The molecule has 0 bridgehead atoms. The molecule has 7 rings (SSSR count). The Bertz CT molecular complexity index is 1640. The second-order valence-corrected chi connectivity index (χ2v) is 12.4. The summed E-state index contributed by atoms with van der Waals surface area (Å²) in [4.78, 5) is 30.2. The summed E-state index contributed by atoms with van der Waals surface area (Å²) in [5, 5.41) is 6.04. The van der Waals surface area contributed by atoms with Gasteiger partial charge in [0, 0.05) is 17.5 Å². The van der Waals surface area contributed by atoms with Gasteiger partial charge < -0.3 is 0 Å². The fourth-order valence-corrected chi connectivity index (χ4v) is 8.58. The first-order valence-corrected chi connectivity index (χ1v) is 15.7. The van der Waals surface area contributed by atoms with Crippen LogP contribution in [-0.4, -0.2) is 29.6 Å². The minimum atomic E-state index is -1.10. The van der Waals surface area contributed by atoms with Crippen molar-refractivity contribution in [3.63, 3.8) is 0 Å².